The van der Waals surface area contributed by atoms with Crippen LogP contribution in [0.15, 0.2) is 0 Å². The number of carboxylic acid groups (broad SMARTS) is 1. The van der Waals surface area contributed by atoms with Gasteiger partial charge in [0.15, 0.2) is 6.29 Å². The SMILES string of the molecule is O=C([O-])C(O)C(O)C(O)C(O)C(O)COC1OC(CO)C(O)C(O)C1O.OO.[Fe]. The minimum atomic E-state index is -2.53. The molecule has 29 heavy (non-hydrogen) atoms. The topological polar surface area (TPSA) is 281 Å². The summed E-state index contributed by atoms with van der Waals surface area (Å²) in [6, 6.07) is 0. The van der Waals surface area contributed by atoms with Gasteiger partial charge in [0.25, 0.3) is 0 Å². The summed E-state index contributed by atoms with van der Waals surface area (Å²) in [5.41, 5.74) is 0. The largest absolute Gasteiger partial charge is 0.547 e. The second-order valence-corrected chi connectivity index (χ2v) is 5.83. The van der Waals surface area contributed by atoms with E-state index in [1.807, 2.05) is 0 Å². The maximum Gasteiger partial charge on any atom is 0.186 e. The van der Waals surface area contributed by atoms with Crippen molar-refractivity contribution in [2.75, 3.05) is 13.2 Å². The quantitative estimate of drug-likeness (QED) is 0.0835. The maximum atomic E-state index is 10.4. The fraction of sp³-hybridized carbons (Fsp3) is 0.923. The first-order valence-corrected chi connectivity index (χ1v) is 7.76. The molecule has 10 atom stereocenters. The van der Waals surface area contributed by atoms with Gasteiger partial charge in [-0.2, -0.15) is 0 Å². The predicted octanol–water partition coefficient (Wildman–Crippen LogP) is -7.63. The molecule has 0 spiro atoms. The fourth-order valence-corrected chi connectivity index (χ4v) is 2.25. The Labute approximate surface area is 174 Å². The Morgan fingerprint density at radius 1 is 0.931 bits per heavy atom. The van der Waals surface area contributed by atoms with Crippen molar-refractivity contribution in [2.45, 2.75) is 61.2 Å². The van der Waals surface area contributed by atoms with E-state index >= 15 is 0 Å². The summed E-state index contributed by atoms with van der Waals surface area (Å²) in [7, 11) is 0. The van der Waals surface area contributed by atoms with E-state index in [0.717, 1.165) is 0 Å². The number of carbonyl (C=O) groups is 1. The van der Waals surface area contributed by atoms with Gasteiger partial charge in [0.05, 0.1) is 19.2 Å². The van der Waals surface area contributed by atoms with Gasteiger partial charge in [-0.05, 0) is 0 Å². The van der Waals surface area contributed by atoms with Crippen LogP contribution in [0.3, 0.4) is 0 Å². The van der Waals surface area contributed by atoms with Crippen LogP contribution in [-0.2, 0) is 31.3 Å². The number of aliphatic carboxylic acids is 1. The average molecular weight is 477 g/mol. The van der Waals surface area contributed by atoms with Gasteiger partial charge in [0, 0.05) is 17.1 Å². The fourth-order valence-electron chi connectivity index (χ4n) is 2.25. The molecule has 0 saturated carbocycles. The molecule has 16 heteroatoms. The Morgan fingerprint density at radius 2 is 1.45 bits per heavy atom. The molecule has 0 bridgehead atoms. The van der Waals surface area contributed by atoms with Crippen LogP contribution in [0.1, 0.15) is 0 Å². The van der Waals surface area contributed by atoms with E-state index in [1.165, 1.54) is 0 Å². The van der Waals surface area contributed by atoms with Crippen molar-refractivity contribution in [1.29, 1.82) is 0 Å². The number of carbonyl (C=O) groups excluding carboxylic acids is 1. The Bertz CT molecular complexity index is 454. The van der Waals surface area contributed by atoms with Gasteiger partial charge in [-0.15, -0.1) is 0 Å². The zero-order chi connectivity index (χ0) is 22.2. The van der Waals surface area contributed by atoms with Crippen LogP contribution in [-0.4, -0.2) is 137 Å². The number of carboxylic acids is 1. The molecule has 10 unspecified atom stereocenters. The Kier molecular flexibility index (Phi) is 15.3. The Morgan fingerprint density at radius 3 is 1.90 bits per heavy atom. The first-order chi connectivity index (χ1) is 13.0. The Balaban J connectivity index is 0. The number of aliphatic hydroxyl groups excluding tert-OH is 9. The summed E-state index contributed by atoms with van der Waals surface area (Å²) in [6.45, 7) is -1.56. The van der Waals surface area contributed by atoms with E-state index in [-0.39, 0.29) is 17.1 Å². The second-order valence-electron chi connectivity index (χ2n) is 5.83. The van der Waals surface area contributed by atoms with Crippen LogP contribution in [0, 0.1) is 0 Å². The molecule has 176 valence electrons. The van der Waals surface area contributed by atoms with Crippen molar-refractivity contribution in [3.8, 4) is 0 Å². The molecule has 0 amide bonds. The van der Waals surface area contributed by atoms with Crippen molar-refractivity contribution >= 4 is 5.97 Å². The van der Waals surface area contributed by atoms with Gasteiger partial charge in [0.1, 0.15) is 54.9 Å². The van der Waals surface area contributed by atoms with Gasteiger partial charge in [0.2, 0.25) is 0 Å². The van der Waals surface area contributed by atoms with E-state index in [2.05, 4.69) is 0 Å². The number of rotatable bonds is 9. The molecule has 1 fully saturated rings. The van der Waals surface area contributed by atoms with Crippen LogP contribution >= 0.6 is 0 Å². The van der Waals surface area contributed by atoms with Crippen LogP contribution < -0.4 is 5.11 Å². The van der Waals surface area contributed by atoms with Gasteiger partial charge >= 0.3 is 0 Å². The number of hydrogen-bond donors (Lipinski definition) is 11. The van der Waals surface area contributed by atoms with Crippen LogP contribution in [0.2, 0.25) is 0 Å². The van der Waals surface area contributed by atoms with Crippen LogP contribution in [0.5, 0.6) is 0 Å². The smallest absolute Gasteiger partial charge is 0.186 e. The number of hydrogen-bond acceptors (Lipinski definition) is 15. The molecule has 1 rings (SSSR count). The van der Waals surface area contributed by atoms with Crippen molar-refractivity contribution in [2.24, 2.45) is 0 Å². The van der Waals surface area contributed by atoms with E-state index in [1.54, 1.807) is 0 Å². The number of aliphatic hydroxyl groups is 9. The predicted molar refractivity (Wildman–Crippen MR) is 80.0 cm³/mol. The zero-order valence-electron chi connectivity index (χ0n) is 14.6. The summed E-state index contributed by atoms with van der Waals surface area (Å²) in [4.78, 5) is 10.4. The van der Waals surface area contributed by atoms with Crippen LogP contribution in [0.4, 0.5) is 0 Å². The van der Waals surface area contributed by atoms with E-state index in [4.69, 9.17) is 30.2 Å². The molecule has 0 aromatic carbocycles. The van der Waals surface area contributed by atoms with E-state index < -0.39 is 80.4 Å². The maximum absolute atomic E-state index is 10.4. The molecule has 0 aromatic rings. The first kappa shape index (κ1) is 30.7. The van der Waals surface area contributed by atoms with Crippen molar-refractivity contribution < 1.29 is 92.9 Å². The summed E-state index contributed by atoms with van der Waals surface area (Å²) in [5, 5.41) is 108. The molecule has 1 aliphatic rings. The molecule has 1 aliphatic heterocycles. The summed E-state index contributed by atoms with van der Waals surface area (Å²) < 4.78 is 9.89. The molecule has 0 aliphatic carbocycles. The third kappa shape index (κ3) is 8.25. The van der Waals surface area contributed by atoms with Crippen molar-refractivity contribution in [1.82, 2.24) is 0 Å². The standard InChI is InChI=1S/C13H24O13.Fe.H2O2/c14-1-4-6(17)8(19)11(22)13(26-4)25-2-3(15)5(16)7(18)9(20)10(21)12(23)24;;1-2/h3-11,13-22H,1-2H2,(H,23,24);;1-2H/p-1. The molecule has 11 N–H and O–H groups in total. The molecule has 0 aromatic heterocycles. The monoisotopic (exact) mass is 477 g/mol. The minimum Gasteiger partial charge on any atom is -0.547 e. The normalized spacial score (nSPS) is 31.9. The molecule has 15 nitrogen and oxygen atoms in total. The molecule has 1 heterocycles. The first-order valence-electron chi connectivity index (χ1n) is 7.76. The molecule has 0 radical (unpaired) electrons. The van der Waals surface area contributed by atoms with E-state index in [9.17, 15) is 45.6 Å². The van der Waals surface area contributed by atoms with E-state index in [0.29, 0.717) is 0 Å². The van der Waals surface area contributed by atoms with Crippen LogP contribution in [0.25, 0.3) is 0 Å². The molecule has 1 saturated heterocycles. The van der Waals surface area contributed by atoms with Gasteiger partial charge in [-0.25, -0.2) is 0 Å². The summed E-state index contributed by atoms with van der Waals surface area (Å²) in [5.74, 6) is -2.11. The number of ether oxygens (including phenoxy) is 2. The summed E-state index contributed by atoms with van der Waals surface area (Å²) in [6.07, 6.45) is -19.4. The third-order valence-corrected chi connectivity index (χ3v) is 3.94. The van der Waals surface area contributed by atoms with Crippen molar-refractivity contribution in [3.63, 3.8) is 0 Å². The van der Waals surface area contributed by atoms with Gasteiger partial charge in [-0.3, -0.25) is 10.5 Å². The summed E-state index contributed by atoms with van der Waals surface area (Å²) >= 11 is 0. The third-order valence-electron chi connectivity index (χ3n) is 3.94. The van der Waals surface area contributed by atoms with Gasteiger partial charge < -0.3 is 65.3 Å². The molecular formula is C13H25FeO15-. The van der Waals surface area contributed by atoms with Gasteiger partial charge in [-0.1, -0.05) is 0 Å². The van der Waals surface area contributed by atoms with Crippen molar-refractivity contribution in [3.05, 3.63) is 0 Å². The zero-order valence-corrected chi connectivity index (χ0v) is 15.7. The Hall–Kier alpha value is -0.531. The molecular weight excluding hydrogens is 452 g/mol. The minimum absolute atomic E-state index is 0. The second kappa shape index (κ2) is 14.5. The average Bonchev–Trinajstić information content (AvgIpc) is 2.70.